The third-order valence-corrected chi connectivity index (χ3v) is 4.93. The van der Waals surface area contributed by atoms with Crippen molar-refractivity contribution in [1.29, 1.82) is 0 Å². The molecule has 0 unspecified atom stereocenters. The molecule has 1 saturated carbocycles. The monoisotopic (exact) mass is 351 g/mol. The largest absolute Gasteiger partial charge is 0.327 e. The van der Waals surface area contributed by atoms with Crippen molar-refractivity contribution >= 4 is 23.5 Å². The molecule has 1 spiro atoms. The molecular formula is C17H19F2N3O3. The molecule has 1 saturated heterocycles. The smallest absolute Gasteiger partial charge is 0.324 e. The van der Waals surface area contributed by atoms with Gasteiger partial charge in [-0.3, -0.25) is 14.5 Å². The van der Waals surface area contributed by atoms with E-state index in [1.54, 1.807) is 7.05 Å². The highest BCUT2D eigenvalue weighted by Gasteiger charge is 2.55. The van der Waals surface area contributed by atoms with Gasteiger partial charge in [-0.05, 0) is 25.0 Å². The van der Waals surface area contributed by atoms with Crippen molar-refractivity contribution in [2.75, 3.05) is 18.9 Å². The average molecular weight is 351 g/mol. The number of halogens is 2. The molecule has 0 radical (unpaired) electrons. The number of hydrogen-bond acceptors (Lipinski definition) is 3. The Morgan fingerprint density at radius 1 is 1.12 bits per heavy atom. The minimum absolute atomic E-state index is 0.0673. The van der Waals surface area contributed by atoms with E-state index in [4.69, 9.17) is 0 Å². The molecule has 1 aliphatic heterocycles. The molecule has 2 fully saturated rings. The highest BCUT2D eigenvalue weighted by Crippen LogP contribution is 2.39. The van der Waals surface area contributed by atoms with Crippen LogP contribution in [0.25, 0.3) is 0 Å². The lowest BCUT2D eigenvalue weighted by Gasteiger charge is -2.35. The summed E-state index contributed by atoms with van der Waals surface area (Å²) in [6.07, 6.45) is 3.89. The highest BCUT2D eigenvalue weighted by atomic mass is 19.1. The van der Waals surface area contributed by atoms with Gasteiger partial charge < -0.3 is 10.2 Å². The number of imide groups is 1. The summed E-state index contributed by atoms with van der Waals surface area (Å²) in [6.45, 7) is -0.484. The van der Waals surface area contributed by atoms with E-state index in [1.165, 1.54) is 4.90 Å². The molecule has 8 heteroatoms. The van der Waals surface area contributed by atoms with E-state index in [-0.39, 0.29) is 11.6 Å². The molecule has 3 rings (SSSR count). The van der Waals surface area contributed by atoms with Crippen molar-refractivity contribution in [3.63, 3.8) is 0 Å². The molecule has 1 N–H and O–H groups in total. The van der Waals surface area contributed by atoms with Gasteiger partial charge in [-0.15, -0.1) is 0 Å². The van der Waals surface area contributed by atoms with E-state index in [9.17, 15) is 23.2 Å². The first-order chi connectivity index (χ1) is 11.8. The van der Waals surface area contributed by atoms with Gasteiger partial charge in [0.25, 0.3) is 5.91 Å². The molecule has 1 aliphatic carbocycles. The quantitative estimate of drug-likeness (QED) is 0.851. The van der Waals surface area contributed by atoms with Gasteiger partial charge in [0, 0.05) is 18.8 Å². The first-order valence-corrected chi connectivity index (χ1v) is 8.19. The molecule has 1 heterocycles. The minimum Gasteiger partial charge on any atom is -0.324 e. The van der Waals surface area contributed by atoms with Crippen LogP contribution in [0.15, 0.2) is 18.2 Å². The second-order valence-electron chi connectivity index (χ2n) is 6.53. The maximum atomic E-state index is 13.2. The number of hydrogen-bond donors (Lipinski definition) is 1. The fourth-order valence-electron chi connectivity index (χ4n) is 3.64. The van der Waals surface area contributed by atoms with Gasteiger partial charge in [-0.25, -0.2) is 13.6 Å². The molecule has 2 aliphatic rings. The van der Waals surface area contributed by atoms with Gasteiger partial charge >= 0.3 is 6.03 Å². The fraction of sp³-hybridized carbons (Fsp3) is 0.471. The zero-order valence-electron chi connectivity index (χ0n) is 13.8. The van der Waals surface area contributed by atoms with Gasteiger partial charge in [-0.2, -0.15) is 0 Å². The third kappa shape index (κ3) is 3.08. The van der Waals surface area contributed by atoms with Crippen molar-refractivity contribution in [2.24, 2.45) is 0 Å². The van der Waals surface area contributed by atoms with E-state index in [0.717, 1.165) is 36.3 Å². The fourth-order valence-corrected chi connectivity index (χ4v) is 3.64. The minimum atomic E-state index is -0.861. The second-order valence-corrected chi connectivity index (χ2v) is 6.53. The lowest BCUT2D eigenvalue weighted by atomic mass is 9.81. The van der Waals surface area contributed by atoms with Crippen LogP contribution < -0.4 is 5.32 Å². The highest BCUT2D eigenvalue weighted by molar-refractivity contribution is 6.10. The molecule has 0 atom stereocenters. The van der Waals surface area contributed by atoms with Crippen LogP contribution in [0, 0.1) is 11.6 Å². The molecule has 0 aromatic heterocycles. The van der Waals surface area contributed by atoms with E-state index >= 15 is 0 Å². The van der Waals surface area contributed by atoms with E-state index < -0.39 is 35.7 Å². The first kappa shape index (κ1) is 17.3. The summed E-state index contributed by atoms with van der Waals surface area (Å²) in [5.74, 6) is -2.72. The van der Waals surface area contributed by atoms with Crippen molar-refractivity contribution in [3.05, 3.63) is 29.8 Å². The Balaban J connectivity index is 1.72. The van der Waals surface area contributed by atoms with Gasteiger partial charge in [0.05, 0.1) is 0 Å². The summed E-state index contributed by atoms with van der Waals surface area (Å²) in [5, 5.41) is 2.31. The van der Waals surface area contributed by atoms with E-state index in [1.807, 2.05) is 0 Å². The van der Waals surface area contributed by atoms with Crippen LogP contribution in [0.4, 0.5) is 19.3 Å². The van der Waals surface area contributed by atoms with Gasteiger partial charge in [0.15, 0.2) is 0 Å². The first-order valence-electron chi connectivity index (χ1n) is 8.19. The number of carbonyl (C=O) groups excluding carboxylic acids is 3. The van der Waals surface area contributed by atoms with Crippen molar-refractivity contribution in [2.45, 2.75) is 37.6 Å². The van der Waals surface area contributed by atoms with Gasteiger partial charge in [0.1, 0.15) is 23.7 Å². The molecule has 4 amide bonds. The Morgan fingerprint density at radius 2 is 1.72 bits per heavy atom. The molecule has 1 aromatic rings. The van der Waals surface area contributed by atoms with Crippen molar-refractivity contribution < 1.29 is 23.2 Å². The Kier molecular flexibility index (Phi) is 4.45. The van der Waals surface area contributed by atoms with Crippen molar-refractivity contribution in [1.82, 2.24) is 9.80 Å². The van der Waals surface area contributed by atoms with Crippen LogP contribution in [0.1, 0.15) is 32.1 Å². The van der Waals surface area contributed by atoms with Crippen molar-refractivity contribution in [3.8, 4) is 0 Å². The summed E-state index contributed by atoms with van der Waals surface area (Å²) in [6, 6.07) is 2.09. The molecule has 0 bridgehead atoms. The Morgan fingerprint density at radius 3 is 2.32 bits per heavy atom. The number of benzene rings is 1. The predicted molar refractivity (Wildman–Crippen MR) is 85.7 cm³/mol. The predicted octanol–water partition coefficient (Wildman–Crippen LogP) is 2.50. The lowest BCUT2D eigenvalue weighted by molar-refractivity contribution is -0.136. The topological polar surface area (TPSA) is 69.7 Å². The van der Waals surface area contributed by atoms with Crippen LogP contribution in [0.3, 0.4) is 0 Å². The standard InChI is InChI=1S/C17H19F2N3O3/c1-21-16(25)22(15(24)17(21)5-3-2-4-6-17)10-14(23)20-13-8-11(18)7-12(19)9-13/h7-9H,2-6,10H2,1H3,(H,20,23). The van der Waals surface area contributed by atoms with E-state index in [0.29, 0.717) is 18.9 Å². The zero-order valence-corrected chi connectivity index (χ0v) is 13.8. The second kappa shape index (κ2) is 6.42. The summed E-state index contributed by atoms with van der Waals surface area (Å²) in [4.78, 5) is 39.7. The zero-order chi connectivity index (χ0) is 18.2. The molecule has 1 aromatic carbocycles. The van der Waals surface area contributed by atoms with E-state index in [2.05, 4.69) is 5.32 Å². The average Bonchev–Trinajstić information content (AvgIpc) is 2.71. The molecule has 25 heavy (non-hydrogen) atoms. The number of nitrogens with zero attached hydrogens (tertiary/aromatic N) is 2. The number of rotatable bonds is 3. The molecule has 6 nitrogen and oxygen atoms in total. The third-order valence-electron chi connectivity index (χ3n) is 4.93. The van der Waals surface area contributed by atoms with Crippen LogP contribution >= 0.6 is 0 Å². The molecular weight excluding hydrogens is 332 g/mol. The Labute approximate surface area is 143 Å². The lowest BCUT2D eigenvalue weighted by Crippen LogP contribution is -2.49. The summed E-state index contributed by atoms with van der Waals surface area (Å²) < 4.78 is 26.4. The van der Waals surface area contributed by atoms with Crippen LogP contribution in [-0.2, 0) is 9.59 Å². The maximum absolute atomic E-state index is 13.2. The number of nitrogens with one attached hydrogen (secondary N) is 1. The number of carbonyl (C=O) groups is 3. The SMILES string of the molecule is CN1C(=O)N(CC(=O)Nc2cc(F)cc(F)c2)C(=O)C12CCCCC2. The molecule has 134 valence electrons. The Hall–Kier alpha value is -2.51. The number of amides is 4. The van der Waals surface area contributed by atoms with Crippen LogP contribution in [0.2, 0.25) is 0 Å². The Bertz CT molecular complexity index is 712. The summed E-state index contributed by atoms with van der Waals surface area (Å²) in [5.41, 5.74) is -0.928. The van der Waals surface area contributed by atoms with Gasteiger partial charge in [0.2, 0.25) is 5.91 Å². The number of anilines is 1. The summed E-state index contributed by atoms with van der Waals surface area (Å²) in [7, 11) is 1.57. The maximum Gasteiger partial charge on any atom is 0.327 e. The van der Waals surface area contributed by atoms with Crippen LogP contribution in [-0.4, -0.2) is 46.8 Å². The van der Waals surface area contributed by atoms with Gasteiger partial charge in [-0.1, -0.05) is 19.3 Å². The number of likely N-dealkylation sites (N-methyl/N-ethyl adjacent to an activating group) is 1. The summed E-state index contributed by atoms with van der Waals surface area (Å²) >= 11 is 0. The number of urea groups is 1. The van der Waals surface area contributed by atoms with Crippen LogP contribution in [0.5, 0.6) is 0 Å². The normalized spacial score (nSPS) is 19.6.